The molecule has 0 bridgehead atoms. The van der Waals surface area contributed by atoms with Gasteiger partial charge in [0.1, 0.15) is 0 Å². The van der Waals surface area contributed by atoms with Crippen LogP contribution in [0.25, 0.3) is 0 Å². The number of aromatic nitrogens is 4. The second kappa shape index (κ2) is 5.79. The van der Waals surface area contributed by atoms with Crippen LogP contribution in [0.3, 0.4) is 0 Å². The lowest BCUT2D eigenvalue weighted by Gasteiger charge is -2.12. The molecule has 0 unspecified atom stereocenters. The summed E-state index contributed by atoms with van der Waals surface area (Å²) < 4.78 is 2.08. The van der Waals surface area contributed by atoms with E-state index in [-0.39, 0.29) is 0 Å². The third kappa shape index (κ3) is 3.29. The highest BCUT2D eigenvalue weighted by Crippen LogP contribution is 2.10. The van der Waals surface area contributed by atoms with Crippen LogP contribution in [0.15, 0.2) is 18.6 Å². The minimum Gasteiger partial charge on any atom is -0.348 e. The third-order valence-electron chi connectivity index (χ3n) is 2.91. The first-order valence-corrected chi connectivity index (χ1v) is 6.24. The van der Waals surface area contributed by atoms with E-state index in [2.05, 4.69) is 24.8 Å². The van der Waals surface area contributed by atoms with Gasteiger partial charge < -0.3 is 14.8 Å². The van der Waals surface area contributed by atoms with Crippen molar-refractivity contribution < 1.29 is 0 Å². The summed E-state index contributed by atoms with van der Waals surface area (Å²) in [5.74, 6) is 0.951. The van der Waals surface area contributed by atoms with Crippen LogP contribution in [0, 0.1) is 6.92 Å². The van der Waals surface area contributed by atoms with Crippen molar-refractivity contribution in [2.45, 2.75) is 20.0 Å². The molecule has 0 aliphatic heterocycles. The maximum Gasteiger partial charge on any atom is 0.204 e. The molecule has 1 N–H and O–H groups in total. The fourth-order valence-corrected chi connectivity index (χ4v) is 1.84. The summed E-state index contributed by atoms with van der Waals surface area (Å²) in [6.45, 7) is 3.39. The molecule has 2 heterocycles. The van der Waals surface area contributed by atoms with Crippen molar-refractivity contribution in [2.24, 2.45) is 7.05 Å². The molecule has 0 saturated carbocycles. The topological polar surface area (TPSA) is 58.9 Å². The maximum absolute atomic E-state index is 4.37. The van der Waals surface area contributed by atoms with Crippen molar-refractivity contribution in [1.82, 2.24) is 24.8 Å². The zero-order chi connectivity index (χ0) is 13.8. The number of aryl methyl sites for hydroxylation is 1. The number of anilines is 1. The molecule has 0 atom stereocenters. The van der Waals surface area contributed by atoms with E-state index < -0.39 is 0 Å². The first-order chi connectivity index (χ1) is 9.08. The van der Waals surface area contributed by atoms with Crippen LogP contribution in [-0.4, -0.2) is 33.6 Å². The molecule has 0 aromatic carbocycles. The highest BCUT2D eigenvalue weighted by Gasteiger charge is 2.07. The fraction of sp³-hybridized carbons (Fsp3) is 0.462. The van der Waals surface area contributed by atoms with E-state index >= 15 is 0 Å². The van der Waals surface area contributed by atoms with Gasteiger partial charge in [-0.2, -0.15) is 0 Å². The van der Waals surface area contributed by atoms with Crippen molar-refractivity contribution >= 4 is 5.95 Å². The van der Waals surface area contributed by atoms with Gasteiger partial charge in [0.15, 0.2) is 0 Å². The Morgan fingerprint density at radius 3 is 2.47 bits per heavy atom. The van der Waals surface area contributed by atoms with Gasteiger partial charge >= 0.3 is 0 Å². The molecule has 0 amide bonds. The number of nitrogens with one attached hydrogen (secondary N) is 1. The molecular formula is C13H20N6. The molecule has 0 aliphatic rings. The first kappa shape index (κ1) is 13.5. The quantitative estimate of drug-likeness (QED) is 0.864. The Hall–Kier alpha value is -1.95. The SMILES string of the molecule is Cc1cnc(CNCc2cnc(N(C)C)n2C)cn1. The minimum atomic E-state index is 0.704. The second-order valence-corrected chi connectivity index (χ2v) is 4.76. The van der Waals surface area contributed by atoms with Gasteiger partial charge in [-0.15, -0.1) is 0 Å². The van der Waals surface area contributed by atoms with Crippen LogP contribution in [0.5, 0.6) is 0 Å². The van der Waals surface area contributed by atoms with E-state index in [1.165, 1.54) is 0 Å². The van der Waals surface area contributed by atoms with Gasteiger partial charge in [0.05, 0.1) is 23.3 Å². The molecule has 0 spiro atoms. The van der Waals surface area contributed by atoms with E-state index in [1.54, 1.807) is 12.4 Å². The zero-order valence-corrected chi connectivity index (χ0v) is 11.9. The van der Waals surface area contributed by atoms with Crippen LogP contribution in [0.2, 0.25) is 0 Å². The van der Waals surface area contributed by atoms with Crippen molar-refractivity contribution in [1.29, 1.82) is 0 Å². The summed E-state index contributed by atoms with van der Waals surface area (Å²) in [5.41, 5.74) is 3.02. The highest BCUT2D eigenvalue weighted by atomic mass is 15.3. The number of nitrogens with zero attached hydrogens (tertiary/aromatic N) is 5. The monoisotopic (exact) mass is 260 g/mol. The van der Waals surface area contributed by atoms with Crippen molar-refractivity contribution in [3.8, 4) is 0 Å². The van der Waals surface area contributed by atoms with Crippen molar-refractivity contribution in [3.63, 3.8) is 0 Å². The molecule has 2 aromatic rings. The lowest BCUT2D eigenvalue weighted by Crippen LogP contribution is -2.18. The molecular weight excluding hydrogens is 240 g/mol. The van der Waals surface area contributed by atoms with E-state index in [0.717, 1.165) is 29.6 Å². The summed E-state index contributed by atoms with van der Waals surface area (Å²) in [5, 5.41) is 3.35. The summed E-state index contributed by atoms with van der Waals surface area (Å²) in [6, 6.07) is 0. The number of rotatable bonds is 5. The molecule has 0 fully saturated rings. The second-order valence-electron chi connectivity index (χ2n) is 4.76. The largest absolute Gasteiger partial charge is 0.348 e. The Labute approximate surface area is 113 Å². The van der Waals surface area contributed by atoms with Gasteiger partial charge in [-0.25, -0.2) is 4.98 Å². The molecule has 19 heavy (non-hydrogen) atoms. The van der Waals surface area contributed by atoms with Gasteiger partial charge in [-0.05, 0) is 6.92 Å². The average Bonchev–Trinajstić information content (AvgIpc) is 2.74. The van der Waals surface area contributed by atoms with Gasteiger partial charge in [-0.1, -0.05) is 0 Å². The Kier molecular flexibility index (Phi) is 4.11. The smallest absolute Gasteiger partial charge is 0.204 e. The Morgan fingerprint density at radius 2 is 1.89 bits per heavy atom. The van der Waals surface area contributed by atoms with Gasteiger partial charge in [0.25, 0.3) is 0 Å². The molecule has 0 radical (unpaired) electrons. The maximum atomic E-state index is 4.37. The van der Waals surface area contributed by atoms with Crippen LogP contribution in [0.1, 0.15) is 17.1 Å². The van der Waals surface area contributed by atoms with Crippen LogP contribution in [0.4, 0.5) is 5.95 Å². The molecule has 6 nitrogen and oxygen atoms in total. The van der Waals surface area contributed by atoms with E-state index in [0.29, 0.717) is 6.54 Å². The minimum absolute atomic E-state index is 0.704. The third-order valence-corrected chi connectivity index (χ3v) is 2.91. The summed E-state index contributed by atoms with van der Waals surface area (Å²) >= 11 is 0. The normalized spacial score (nSPS) is 10.7. The Bertz CT molecular complexity index is 529. The van der Waals surface area contributed by atoms with Gasteiger partial charge in [0, 0.05) is 46.6 Å². The van der Waals surface area contributed by atoms with Crippen molar-refractivity contribution in [2.75, 3.05) is 19.0 Å². The predicted molar refractivity (Wildman–Crippen MR) is 74.8 cm³/mol. The highest BCUT2D eigenvalue weighted by molar-refractivity contribution is 5.30. The van der Waals surface area contributed by atoms with Crippen LogP contribution in [-0.2, 0) is 20.1 Å². The summed E-state index contributed by atoms with van der Waals surface area (Å²) in [4.78, 5) is 14.9. The van der Waals surface area contributed by atoms with E-state index in [1.807, 2.05) is 39.2 Å². The van der Waals surface area contributed by atoms with E-state index in [9.17, 15) is 0 Å². The van der Waals surface area contributed by atoms with Crippen LogP contribution >= 0.6 is 0 Å². The van der Waals surface area contributed by atoms with Gasteiger partial charge in [-0.3, -0.25) is 9.97 Å². The van der Waals surface area contributed by atoms with E-state index in [4.69, 9.17) is 0 Å². The summed E-state index contributed by atoms with van der Waals surface area (Å²) in [7, 11) is 5.99. The molecule has 0 saturated heterocycles. The Balaban J connectivity index is 1.91. The zero-order valence-electron chi connectivity index (χ0n) is 11.9. The lowest BCUT2D eigenvalue weighted by molar-refractivity contribution is 0.642. The summed E-state index contributed by atoms with van der Waals surface area (Å²) in [6.07, 6.45) is 5.48. The molecule has 2 aromatic heterocycles. The van der Waals surface area contributed by atoms with Crippen LogP contribution < -0.4 is 10.2 Å². The van der Waals surface area contributed by atoms with Crippen molar-refractivity contribution in [3.05, 3.63) is 35.7 Å². The molecule has 102 valence electrons. The van der Waals surface area contributed by atoms with Gasteiger partial charge in [0.2, 0.25) is 5.95 Å². The number of hydrogen-bond acceptors (Lipinski definition) is 5. The first-order valence-electron chi connectivity index (χ1n) is 6.24. The molecule has 0 aliphatic carbocycles. The number of hydrogen-bond donors (Lipinski definition) is 1. The average molecular weight is 260 g/mol. The Morgan fingerprint density at radius 1 is 1.11 bits per heavy atom. The fourth-order valence-electron chi connectivity index (χ4n) is 1.84. The lowest BCUT2D eigenvalue weighted by atomic mass is 10.4. The standard InChI is InChI=1S/C13H20N6/c1-10-5-16-11(7-15-10)6-14-8-12-9-17-13(18(2)3)19(12)4/h5,7,9,14H,6,8H2,1-4H3. The number of imidazole rings is 1. The predicted octanol–water partition coefficient (Wildman–Crippen LogP) is 0.874. The molecule has 2 rings (SSSR count). The molecule has 6 heteroatoms.